The van der Waals surface area contributed by atoms with Crippen molar-refractivity contribution in [3.8, 4) is 0 Å². The molecule has 22 heavy (non-hydrogen) atoms. The van der Waals surface area contributed by atoms with Gasteiger partial charge in [0.2, 0.25) is 0 Å². The van der Waals surface area contributed by atoms with Crippen molar-refractivity contribution < 1.29 is 4.79 Å². The Balaban J connectivity index is 1.91. The molecule has 0 aliphatic carbocycles. The normalized spacial score (nSPS) is 13.3. The molecule has 0 spiro atoms. The first kappa shape index (κ1) is 14.6. The fourth-order valence-electron chi connectivity index (χ4n) is 2.74. The largest absolute Gasteiger partial charge is 0.352 e. The molecule has 1 aromatic carbocycles. The molecule has 0 radical (unpaired) electrons. The molecule has 2 heterocycles. The van der Waals surface area contributed by atoms with Gasteiger partial charge < -0.3 is 10.2 Å². The lowest BCUT2D eigenvalue weighted by Gasteiger charge is -2.21. The van der Waals surface area contributed by atoms with E-state index in [0.29, 0.717) is 18.0 Å². The van der Waals surface area contributed by atoms with Crippen molar-refractivity contribution >= 4 is 17.4 Å². The van der Waals surface area contributed by atoms with Gasteiger partial charge in [-0.25, -0.2) is 4.98 Å². The van der Waals surface area contributed by atoms with Gasteiger partial charge in [0, 0.05) is 25.0 Å². The summed E-state index contributed by atoms with van der Waals surface area (Å²) in [4.78, 5) is 19.1. The first-order chi connectivity index (χ1) is 10.7. The second kappa shape index (κ2) is 6.18. The number of para-hydroxylation sites is 1. The van der Waals surface area contributed by atoms with Gasteiger partial charge in [0.15, 0.2) is 0 Å². The zero-order chi connectivity index (χ0) is 15.5. The van der Waals surface area contributed by atoms with E-state index >= 15 is 0 Å². The van der Waals surface area contributed by atoms with Gasteiger partial charge in [-0.15, -0.1) is 0 Å². The monoisotopic (exact) mass is 295 g/mol. The molecule has 0 saturated heterocycles. The number of hydrogen-bond donors (Lipinski definition) is 1. The molecule has 0 fully saturated rings. The van der Waals surface area contributed by atoms with Crippen molar-refractivity contribution in [2.24, 2.45) is 5.92 Å². The van der Waals surface area contributed by atoms with Gasteiger partial charge in [-0.05, 0) is 36.1 Å². The molecule has 0 atom stereocenters. The SMILES string of the molecule is CC(C)CNC(=O)c1cccnc1N1CCc2ccccc21. The number of amides is 1. The molecule has 4 heteroatoms. The second-order valence-corrected chi connectivity index (χ2v) is 6.01. The van der Waals surface area contributed by atoms with Crippen molar-refractivity contribution in [3.63, 3.8) is 0 Å². The number of aromatic nitrogens is 1. The van der Waals surface area contributed by atoms with E-state index in [2.05, 4.69) is 47.2 Å². The maximum Gasteiger partial charge on any atom is 0.255 e. The van der Waals surface area contributed by atoms with E-state index in [0.717, 1.165) is 24.5 Å². The third-order valence-corrected chi connectivity index (χ3v) is 3.85. The van der Waals surface area contributed by atoms with E-state index in [9.17, 15) is 4.79 Å². The Morgan fingerprint density at radius 2 is 2.09 bits per heavy atom. The van der Waals surface area contributed by atoms with E-state index in [1.165, 1.54) is 5.56 Å². The van der Waals surface area contributed by atoms with Crippen LogP contribution >= 0.6 is 0 Å². The van der Waals surface area contributed by atoms with Gasteiger partial charge in [-0.3, -0.25) is 4.79 Å². The summed E-state index contributed by atoms with van der Waals surface area (Å²) in [7, 11) is 0. The van der Waals surface area contributed by atoms with Crippen LogP contribution in [0.4, 0.5) is 11.5 Å². The fourth-order valence-corrected chi connectivity index (χ4v) is 2.74. The predicted octanol–water partition coefficient (Wildman–Crippen LogP) is 3.16. The van der Waals surface area contributed by atoms with Crippen LogP contribution in [0.1, 0.15) is 29.8 Å². The van der Waals surface area contributed by atoms with E-state index in [4.69, 9.17) is 0 Å². The van der Waals surface area contributed by atoms with Crippen LogP contribution in [-0.2, 0) is 6.42 Å². The van der Waals surface area contributed by atoms with E-state index in [-0.39, 0.29) is 5.91 Å². The molecular formula is C18H21N3O. The molecule has 1 aliphatic heterocycles. The van der Waals surface area contributed by atoms with Crippen LogP contribution in [0.25, 0.3) is 0 Å². The minimum atomic E-state index is -0.0545. The zero-order valence-electron chi connectivity index (χ0n) is 13.0. The highest BCUT2D eigenvalue weighted by molar-refractivity contribution is 5.99. The summed E-state index contributed by atoms with van der Waals surface area (Å²) >= 11 is 0. The predicted molar refractivity (Wildman–Crippen MR) is 88.6 cm³/mol. The van der Waals surface area contributed by atoms with Crippen LogP contribution < -0.4 is 10.2 Å². The van der Waals surface area contributed by atoms with Crippen LogP contribution in [-0.4, -0.2) is 24.0 Å². The van der Waals surface area contributed by atoms with E-state index in [1.807, 2.05) is 18.2 Å². The number of carbonyl (C=O) groups is 1. The Morgan fingerprint density at radius 1 is 1.27 bits per heavy atom. The molecular weight excluding hydrogens is 274 g/mol. The zero-order valence-corrected chi connectivity index (χ0v) is 13.0. The lowest BCUT2D eigenvalue weighted by Crippen LogP contribution is -2.29. The molecule has 1 N–H and O–H groups in total. The molecule has 1 aromatic heterocycles. The van der Waals surface area contributed by atoms with Gasteiger partial charge in [0.05, 0.1) is 5.56 Å². The second-order valence-electron chi connectivity index (χ2n) is 6.01. The topological polar surface area (TPSA) is 45.2 Å². The number of benzene rings is 1. The van der Waals surface area contributed by atoms with Gasteiger partial charge in [0.25, 0.3) is 5.91 Å². The Hall–Kier alpha value is -2.36. The highest BCUT2D eigenvalue weighted by atomic mass is 16.1. The van der Waals surface area contributed by atoms with Gasteiger partial charge in [-0.2, -0.15) is 0 Å². The maximum atomic E-state index is 12.5. The summed E-state index contributed by atoms with van der Waals surface area (Å²) in [5.74, 6) is 1.12. The molecule has 1 amide bonds. The molecule has 0 unspecified atom stereocenters. The molecule has 114 valence electrons. The minimum absolute atomic E-state index is 0.0545. The highest BCUT2D eigenvalue weighted by Gasteiger charge is 2.24. The molecule has 0 bridgehead atoms. The molecule has 4 nitrogen and oxygen atoms in total. The van der Waals surface area contributed by atoms with Gasteiger partial charge >= 0.3 is 0 Å². The molecule has 1 aliphatic rings. The smallest absolute Gasteiger partial charge is 0.255 e. The Labute approximate surface area is 131 Å². The van der Waals surface area contributed by atoms with Crippen molar-refractivity contribution in [3.05, 3.63) is 53.7 Å². The first-order valence-corrected chi connectivity index (χ1v) is 7.75. The fraction of sp³-hybridized carbons (Fsp3) is 0.333. The Bertz CT molecular complexity index is 682. The Kier molecular flexibility index (Phi) is 4.09. The van der Waals surface area contributed by atoms with Crippen LogP contribution in [0.5, 0.6) is 0 Å². The number of fused-ring (bicyclic) bond motifs is 1. The van der Waals surface area contributed by atoms with Crippen LogP contribution in [0.3, 0.4) is 0 Å². The number of hydrogen-bond acceptors (Lipinski definition) is 3. The van der Waals surface area contributed by atoms with E-state index in [1.54, 1.807) is 6.20 Å². The van der Waals surface area contributed by atoms with Crippen LogP contribution in [0.2, 0.25) is 0 Å². The van der Waals surface area contributed by atoms with Crippen molar-refractivity contribution in [1.29, 1.82) is 0 Å². The average molecular weight is 295 g/mol. The number of nitrogens with zero attached hydrogens (tertiary/aromatic N) is 2. The summed E-state index contributed by atoms with van der Waals surface area (Å²) in [5.41, 5.74) is 3.10. The third kappa shape index (κ3) is 2.82. The quantitative estimate of drug-likeness (QED) is 0.942. The minimum Gasteiger partial charge on any atom is -0.352 e. The Morgan fingerprint density at radius 3 is 2.91 bits per heavy atom. The van der Waals surface area contributed by atoms with Crippen molar-refractivity contribution in [1.82, 2.24) is 10.3 Å². The lowest BCUT2D eigenvalue weighted by molar-refractivity contribution is 0.0949. The van der Waals surface area contributed by atoms with Crippen molar-refractivity contribution in [2.45, 2.75) is 20.3 Å². The molecule has 0 saturated carbocycles. The number of rotatable bonds is 4. The summed E-state index contributed by atoms with van der Waals surface area (Å²) < 4.78 is 0. The average Bonchev–Trinajstić information content (AvgIpc) is 2.96. The highest BCUT2D eigenvalue weighted by Crippen LogP contribution is 2.34. The number of carbonyl (C=O) groups excluding carboxylic acids is 1. The van der Waals surface area contributed by atoms with Crippen molar-refractivity contribution in [2.75, 3.05) is 18.0 Å². The van der Waals surface area contributed by atoms with Gasteiger partial charge in [-0.1, -0.05) is 32.0 Å². The number of pyridine rings is 1. The first-order valence-electron chi connectivity index (χ1n) is 7.75. The molecule has 3 rings (SSSR count). The molecule has 2 aromatic rings. The lowest BCUT2D eigenvalue weighted by atomic mass is 10.1. The third-order valence-electron chi connectivity index (χ3n) is 3.85. The number of nitrogens with one attached hydrogen (secondary N) is 1. The number of anilines is 2. The standard InChI is InChI=1S/C18H21N3O/c1-13(2)12-20-18(22)15-7-5-10-19-17(15)21-11-9-14-6-3-4-8-16(14)21/h3-8,10,13H,9,11-12H2,1-2H3,(H,20,22). The summed E-state index contributed by atoms with van der Waals surface area (Å²) in [5, 5.41) is 2.98. The maximum absolute atomic E-state index is 12.5. The summed E-state index contributed by atoms with van der Waals surface area (Å²) in [6.45, 7) is 5.70. The van der Waals surface area contributed by atoms with Crippen LogP contribution in [0, 0.1) is 5.92 Å². The van der Waals surface area contributed by atoms with E-state index < -0.39 is 0 Å². The van der Waals surface area contributed by atoms with Gasteiger partial charge in [0.1, 0.15) is 5.82 Å². The van der Waals surface area contributed by atoms with Crippen LogP contribution in [0.15, 0.2) is 42.6 Å². The summed E-state index contributed by atoms with van der Waals surface area (Å²) in [6, 6.07) is 12.0. The summed E-state index contributed by atoms with van der Waals surface area (Å²) in [6.07, 6.45) is 2.73.